The number of ether oxygens (including phenoxy) is 3. The number of hydrogen-bond acceptors (Lipinski definition) is 11. The number of carboxylic acid groups (broad SMARTS) is 1. The highest BCUT2D eigenvalue weighted by molar-refractivity contribution is 5.85. The molecule has 2 aromatic carbocycles. The van der Waals surface area contributed by atoms with Gasteiger partial charge in [-0.1, -0.05) is 36.4 Å². The molecule has 0 radical (unpaired) electrons. The molecule has 244 valence electrons. The van der Waals surface area contributed by atoms with E-state index in [1.54, 1.807) is 37.6 Å². The van der Waals surface area contributed by atoms with Crippen molar-refractivity contribution in [1.29, 1.82) is 0 Å². The van der Waals surface area contributed by atoms with Crippen LogP contribution in [-0.4, -0.2) is 111 Å². The van der Waals surface area contributed by atoms with Crippen LogP contribution in [0.25, 0.3) is 22.5 Å². The largest absolute Gasteiger partial charge is 0.480 e. The maximum Gasteiger partial charge on any atom is 0.328 e. The summed E-state index contributed by atoms with van der Waals surface area (Å²) in [6.45, 7) is 10.1. The highest BCUT2D eigenvalue weighted by Crippen LogP contribution is 2.50. The minimum atomic E-state index is -1.69. The Bertz CT molecular complexity index is 1470. The lowest BCUT2D eigenvalue weighted by Crippen LogP contribution is -2.70. The van der Waals surface area contributed by atoms with Gasteiger partial charge in [0.1, 0.15) is 17.8 Å². The maximum atomic E-state index is 13.4. The number of H-pyrrole nitrogens is 1. The van der Waals surface area contributed by atoms with Gasteiger partial charge in [-0.25, -0.2) is 9.89 Å². The van der Waals surface area contributed by atoms with Gasteiger partial charge < -0.3 is 29.3 Å². The van der Waals surface area contributed by atoms with Crippen LogP contribution in [0, 0.1) is 5.41 Å². The highest BCUT2D eigenvalue weighted by Gasteiger charge is 2.71. The lowest BCUT2D eigenvalue weighted by molar-refractivity contribution is -0.177. The monoisotopic (exact) mass is 624 g/mol. The van der Waals surface area contributed by atoms with Crippen LogP contribution >= 0.6 is 0 Å². The first-order chi connectivity index (χ1) is 21.2. The number of carbonyl (C=O) groups is 2. The zero-order chi connectivity index (χ0) is 33.2. The van der Waals surface area contributed by atoms with Crippen molar-refractivity contribution in [3.05, 3.63) is 48.5 Å². The van der Waals surface area contributed by atoms with E-state index in [4.69, 9.17) is 14.2 Å². The molecule has 1 saturated heterocycles. The molecule has 1 aromatic heterocycles. The summed E-state index contributed by atoms with van der Waals surface area (Å²) in [7, 11) is 3.24. The van der Waals surface area contributed by atoms with E-state index >= 15 is 0 Å². The van der Waals surface area contributed by atoms with Gasteiger partial charge in [0.05, 0.1) is 24.2 Å². The fourth-order valence-corrected chi connectivity index (χ4v) is 6.25. The number of carboxylic acids is 1. The van der Waals surface area contributed by atoms with Crippen LogP contribution in [0.15, 0.2) is 48.5 Å². The van der Waals surface area contributed by atoms with E-state index in [-0.39, 0.29) is 13.2 Å². The second-order valence-corrected chi connectivity index (χ2v) is 12.9. The van der Waals surface area contributed by atoms with Gasteiger partial charge in [0.25, 0.3) is 0 Å². The van der Waals surface area contributed by atoms with E-state index in [0.717, 1.165) is 16.7 Å². The predicted octanol–water partition coefficient (Wildman–Crippen LogP) is 3.22. The summed E-state index contributed by atoms with van der Waals surface area (Å²) in [5.41, 5.74) is -2.35. The van der Waals surface area contributed by atoms with Gasteiger partial charge in [0, 0.05) is 25.0 Å². The van der Waals surface area contributed by atoms with E-state index in [1.165, 1.54) is 21.0 Å². The van der Waals surface area contributed by atoms with E-state index in [1.807, 2.05) is 55.5 Å². The predicted molar refractivity (Wildman–Crippen MR) is 167 cm³/mol. The van der Waals surface area contributed by atoms with Gasteiger partial charge in [0.15, 0.2) is 11.9 Å². The number of rotatable bonds is 12. The third kappa shape index (κ3) is 6.05. The molecule has 0 spiro atoms. The number of methoxy groups -OCH3 is 1. The molecular formula is C32H44N6O7. The molecule has 3 aromatic rings. The number of aliphatic carboxylic acids is 1. The first-order valence-electron chi connectivity index (χ1n) is 14.8. The van der Waals surface area contributed by atoms with E-state index in [0.29, 0.717) is 18.1 Å². The van der Waals surface area contributed by atoms with Crippen molar-refractivity contribution >= 4 is 17.6 Å². The SMILES string of the molecule is CCOCC1(COC)N(c2ccc(-c3ccccc3-c3nnn[nH]3)cc2)C(C(=O)O)C(COC(=O)C(C)(C)C)(C(C)(C)O)N1C. The average Bonchev–Trinajstić information content (AvgIpc) is 3.59. The van der Waals surface area contributed by atoms with Gasteiger partial charge in [-0.15, -0.1) is 5.10 Å². The molecule has 0 amide bonds. The number of carbonyl (C=O) groups excluding carboxylic acids is 1. The Labute approximate surface area is 263 Å². The Balaban J connectivity index is 1.91. The van der Waals surface area contributed by atoms with Crippen LogP contribution in [-0.2, 0) is 23.8 Å². The summed E-state index contributed by atoms with van der Waals surface area (Å²) in [5, 5.41) is 37.1. The Morgan fingerprint density at radius 1 is 1.00 bits per heavy atom. The molecule has 13 nitrogen and oxygen atoms in total. The standard InChI is InChI=1S/C32H44N6O7/c1-9-44-19-31(18-43-8)37(7)32(30(5,6)42,20-45-28(41)29(2,3)4)25(27(39)40)38(31)22-16-14-21(15-17-22)23-12-10-11-13-24(23)26-33-35-36-34-26/h10-17,25,42H,9,18-20H2,1-8H3,(H,39,40)(H,33,34,35,36). The number of hydrogen-bond donors (Lipinski definition) is 3. The van der Waals surface area contributed by atoms with Crippen molar-refractivity contribution in [3.63, 3.8) is 0 Å². The molecule has 3 N–H and O–H groups in total. The van der Waals surface area contributed by atoms with Crippen molar-refractivity contribution < 1.29 is 34.0 Å². The highest BCUT2D eigenvalue weighted by atomic mass is 16.5. The summed E-state index contributed by atoms with van der Waals surface area (Å²) >= 11 is 0. The first kappa shape index (κ1) is 34.0. The summed E-state index contributed by atoms with van der Waals surface area (Å²) in [6.07, 6.45) is 0. The molecule has 2 heterocycles. The zero-order valence-electron chi connectivity index (χ0n) is 27.2. The minimum absolute atomic E-state index is 0.0153. The molecule has 45 heavy (non-hydrogen) atoms. The van der Waals surface area contributed by atoms with Crippen LogP contribution in [0.2, 0.25) is 0 Å². The number of aromatic amines is 1. The summed E-state index contributed by atoms with van der Waals surface area (Å²) in [6, 6.07) is 13.7. The van der Waals surface area contributed by atoms with Crippen LogP contribution in [0.4, 0.5) is 5.69 Å². The Hall–Kier alpha value is -3.91. The number of tetrazole rings is 1. The van der Waals surface area contributed by atoms with E-state index in [2.05, 4.69) is 20.6 Å². The molecule has 0 aliphatic carbocycles. The Morgan fingerprint density at radius 3 is 2.16 bits per heavy atom. The van der Waals surface area contributed by atoms with Gasteiger partial charge in [0.2, 0.25) is 0 Å². The molecular weight excluding hydrogens is 580 g/mol. The second-order valence-electron chi connectivity index (χ2n) is 12.9. The third-order valence-corrected chi connectivity index (χ3v) is 8.61. The summed E-state index contributed by atoms with van der Waals surface area (Å²) < 4.78 is 17.6. The Morgan fingerprint density at radius 2 is 1.64 bits per heavy atom. The maximum absolute atomic E-state index is 13.4. The molecule has 0 saturated carbocycles. The number of nitrogens with zero attached hydrogens (tertiary/aromatic N) is 5. The fraction of sp³-hybridized carbons (Fsp3) is 0.531. The number of benzene rings is 2. The summed E-state index contributed by atoms with van der Waals surface area (Å²) in [5.74, 6) is -1.22. The van der Waals surface area contributed by atoms with Crippen molar-refractivity contribution in [2.45, 2.75) is 64.4 Å². The van der Waals surface area contributed by atoms with Crippen LogP contribution in [0.5, 0.6) is 0 Å². The van der Waals surface area contributed by atoms with Crippen molar-refractivity contribution in [1.82, 2.24) is 25.5 Å². The van der Waals surface area contributed by atoms with Gasteiger partial charge in [-0.3, -0.25) is 9.69 Å². The fourth-order valence-electron chi connectivity index (χ4n) is 6.25. The zero-order valence-corrected chi connectivity index (χ0v) is 27.2. The molecule has 0 bridgehead atoms. The number of aliphatic hydroxyl groups is 1. The molecule has 1 aliphatic heterocycles. The number of nitrogens with one attached hydrogen (secondary N) is 1. The quantitative estimate of drug-likeness (QED) is 0.253. The van der Waals surface area contributed by atoms with Gasteiger partial charge >= 0.3 is 11.9 Å². The third-order valence-electron chi connectivity index (χ3n) is 8.61. The molecule has 13 heteroatoms. The van der Waals surface area contributed by atoms with Crippen molar-refractivity contribution in [3.8, 4) is 22.5 Å². The van der Waals surface area contributed by atoms with Crippen LogP contribution < -0.4 is 4.90 Å². The van der Waals surface area contributed by atoms with E-state index < -0.39 is 46.8 Å². The topological polar surface area (TPSA) is 163 Å². The van der Waals surface area contributed by atoms with E-state index in [9.17, 15) is 19.8 Å². The summed E-state index contributed by atoms with van der Waals surface area (Å²) in [4.78, 5) is 29.9. The number of anilines is 1. The van der Waals surface area contributed by atoms with Crippen molar-refractivity contribution in [2.75, 3.05) is 45.5 Å². The number of likely N-dealkylation sites (N-methyl/N-ethyl adjacent to an activating group) is 1. The van der Waals surface area contributed by atoms with Gasteiger partial charge in [-0.05, 0) is 82.3 Å². The lowest BCUT2D eigenvalue weighted by atomic mass is 9.76. The average molecular weight is 625 g/mol. The molecule has 1 fully saturated rings. The molecule has 1 aliphatic rings. The Kier molecular flexibility index (Phi) is 9.69. The van der Waals surface area contributed by atoms with Crippen LogP contribution in [0.3, 0.4) is 0 Å². The molecule has 3 unspecified atom stereocenters. The minimum Gasteiger partial charge on any atom is -0.480 e. The lowest BCUT2D eigenvalue weighted by Gasteiger charge is -2.49. The molecule has 4 rings (SSSR count). The number of esters is 1. The van der Waals surface area contributed by atoms with Crippen LogP contribution in [0.1, 0.15) is 41.5 Å². The normalized spacial score (nSPS) is 22.5. The first-order valence-corrected chi connectivity index (χ1v) is 14.8. The molecule has 3 atom stereocenters. The number of aromatic nitrogens is 4. The smallest absolute Gasteiger partial charge is 0.328 e. The van der Waals surface area contributed by atoms with Crippen molar-refractivity contribution in [2.24, 2.45) is 5.41 Å². The second kappa shape index (κ2) is 12.8. The van der Waals surface area contributed by atoms with Gasteiger partial charge in [-0.2, -0.15) is 0 Å².